The van der Waals surface area contributed by atoms with Crippen molar-refractivity contribution < 1.29 is 9.00 Å². The minimum absolute atomic E-state index is 0.276. The monoisotopic (exact) mass is 276 g/mol. The van der Waals surface area contributed by atoms with Crippen LogP contribution in [0.25, 0.3) is 10.8 Å². The van der Waals surface area contributed by atoms with Crippen LogP contribution in [0.5, 0.6) is 0 Å². The van der Waals surface area contributed by atoms with Gasteiger partial charge in [0.2, 0.25) is 0 Å². The number of benzene rings is 2. The van der Waals surface area contributed by atoms with Crippen LogP contribution in [0.4, 0.5) is 10.5 Å². The summed E-state index contributed by atoms with van der Waals surface area (Å²) >= 11 is 0. The maximum atomic E-state index is 11.7. The van der Waals surface area contributed by atoms with E-state index in [0.717, 1.165) is 16.5 Å². The SMILES string of the molecule is C[S@](=O)CCNC(=O)Nc1cccc2ccccc12. The predicted molar refractivity (Wildman–Crippen MR) is 79.9 cm³/mol. The summed E-state index contributed by atoms with van der Waals surface area (Å²) in [7, 11) is -0.893. The molecule has 0 fully saturated rings. The number of carbonyl (C=O) groups is 1. The molecule has 19 heavy (non-hydrogen) atoms. The van der Waals surface area contributed by atoms with Gasteiger partial charge < -0.3 is 10.6 Å². The van der Waals surface area contributed by atoms with Gasteiger partial charge in [-0.25, -0.2) is 4.79 Å². The van der Waals surface area contributed by atoms with Gasteiger partial charge in [-0.2, -0.15) is 0 Å². The molecular weight excluding hydrogens is 260 g/mol. The summed E-state index contributed by atoms with van der Waals surface area (Å²) in [6.45, 7) is 0.402. The quantitative estimate of drug-likeness (QED) is 0.900. The van der Waals surface area contributed by atoms with Crippen molar-refractivity contribution in [3.05, 3.63) is 42.5 Å². The second-order valence-corrected chi connectivity index (χ2v) is 5.74. The van der Waals surface area contributed by atoms with Gasteiger partial charge in [-0.3, -0.25) is 4.21 Å². The Morgan fingerprint density at radius 3 is 2.68 bits per heavy atom. The second-order valence-electron chi connectivity index (χ2n) is 4.18. The molecule has 0 aromatic heterocycles. The molecular formula is C14H16N2O2S. The summed E-state index contributed by atoms with van der Waals surface area (Å²) in [6.07, 6.45) is 1.62. The van der Waals surface area contributed by atoms with E-state index in [2.05, 4.69) is 10.6 Å². The number of carbonyl (C=O) groups excluding carboxylic acids is 1. The van der Waals surface area contributed by atoms with E-state index in [1.54, 1.807) is 6.26 Å². The van der Waals surface area contributed by atoms with Gasteiger partial charge in [-0.05, 0) is 11.5 Å². The van der Waals surface area contributed by atoms with Crippen LogP contribution >= 0.6 is 0 Å². The standard InChI is InChI=1S/C14H16N2O2S/c1-19(18)10-9-15-14(17)16-13-8-4-6-11-5-2-3-7-12(11)13/h2-8H,9-10H2,1H3,(H2,15,16,17)/t19-/m0/s1. The van der Waals surface area contributed by atoms with Crippen LogP contribution in [0.15, 0.2) is 42.5 Å². The number of nitrogens with one attached hydrogen (secondary N) is 2. The van der Waals surface area contributed by atoms with Crippen molar-refractivity contribution >= 4 is 33.3 Å². The van der Waals surface area contributed by atoms with E-state index >= 15 is 0 Å². The predicted octanol–water partition coefficient (Wildman–Crippen LogP) is 2.34. The van der Waals surface area contributed by atoms with Crippen molar-refractivity contribution in [2.45, 2.75) is 0 Å². The molecule has 2 aromatic carbocycles. The minimum atomic E-state index is -0.893. The van der Waals surface area contributed by atoms with Crippen molar-refractivity contribution in [1.29, 1.82) is 0 Å². The van der Waals surface area contributed by atoms with E-state index in [-0.39, 0.29) is 6.03 Å². The molecule has 4 nitrogen and oxygen atoms in total. The lowest BCUT2D eigenvalue weighted by Crippen LogP contribution is -2.31. The lowest BCUT2D eigenvalue weighted by atomic mass is 10.1. The molecule has 0 spiro atoms. The van der Waals surface area contributed by atoms with Gasteiger partial charge in [-0.15, -0.1) is 0 Å². The van der Waals surface area contributed by atoms with Gasteiger partial charge >= 0.3 is 6.03 Å². The molecule has 0 aliphatic heterocycles. The number of anilines is 1. The van der Waals surface area contributed by atoms with Gasteiger partial charge in [0.15, 0.2) is 0 Å². The highest BCUT2D eigenvalue weighted by Gasteiger charge is 2.04. The highest BCUT2D eigenvalue weighted by atomic mass is 32.2. The van der Waals surface area contributed by atoms with E-state index in [4.69, 9.17) is 0 Å². The highest BCUT2D eigenvalue weighted by Crippen LogP contribution is 2.22. The van der Waals surface area contributed by atoms with Crippen LogP contribution in [0.1, 0.15) is 0 Å². The number of amides is 2. The Kier molecular flexibility index (Phi) is 4.52. The maximum Gasteiger partial charge on any atom is 0.319 e. The normalized spacial score (nSPS) is 12.1. The third-order valence-electron chi connectivity index (χ3n) is 2.71. The first-order chi connectivity index (χ1) is 9.16. The number of hydrogen-bond acceptors (Lipinski definition) is 2. The molecule has 2 aromatic rings. The fraction of sp³-hybridized carbons (Fsp3) is 0.214. The van der Waals surface area contributed by atoms with Crippen LogP contribution in [-0.4, -0.2) is 28.8 Å². The van der Waals surface area contributed by atoms with E-state index in [1.807, 2.05) is 42.5 Å². The lowest BCUT2D eigenvalue weighted by Gasteiger charge is -2.09. The summed E-state index contributed by atoms with van der Waals surface area (Å²) in [4.78, 5) is 11.7. The third-order valence-corrected chi connectivity index (χ3v) is 3.49. The fourth-order valence-electron chi connectivity index (χ4n) is 1.81. The molecule has 2 rings (SSSR count). The topological polar surface area (TPSA) is 58.2 Å². The molecule has 0 saturated carbocycles. The molecule has 0 bridgehead atoms. The minimum Gasteiger partial charge on any atom is -0.337 e. The van der Waals surface area contributed by atoms with Gasteiger partial charge in [0, 0.05) is 34.7 Å². The Balaban J connectivity index is 2.05. The largest absolute Gasteiger partial charge is 0.337 e. The van der Waals surface area contributed by atoms with Gasteiger partial charge in [0.05, 0.1) is 5.69 Å². The zero-order chi connectivity index (χ0) is 13.7. The van der Waals surface area contributed by atoms with Crippen LogP contribution in [0, 0.1) is 0 Å². The van der Waals surface area contributed by atoms with Crippen molar-refractivity contribution in [2.75, 3.05) is 23.9 Å². The Morgan fingerprint density at radius 1 is 1.16 bits per heavy atom. The molecule has 0 aliphatic carbocycles. The number of urea groups is 1. The molecule has 0 radical (unpaired) electrons. The van der Waals surface area contributed by atoms with Crippen LogP contribution in [-0.2, 0) is 10.8 Å². The average molecular weight is 276 g/mol. The first kappa shape index (κ1) is 13.5. The summed E-state index contributed by atoms with van der Waals surface area (Å²) in [5, 5.41) is 7.57. The number of rotatable bonds is 4. The van der Waals surface area contributed by atoms with Gasteiger partial charge in [-0.1, -0.05) is 36.4 Å². The maximum absolute atomic E-state index is 11.7. The number of fused-ring (bicyclic) bond motifs is 1. The Hall–Kier alpha value is -1.88. The average Bonchev–Trinajstić information content (AvgIpc) is 2.39. The third kappa shape index (κ3) is 3.79. The first-order valence-corrected chi connectivity index (χ1v) is 7.72. The number of hydrogen-bond donors (Lipinski definition) is 2. The van der Waals surface area contributed by atoms with E-state index in [1.165, 1.54) is 0 Å². The first-order valence-electron chi connectivity index (χ1n) is 5.99. The van der Waals surface area contributed by atoms with E-state index < -0.39 is 10.8 Å². The molecule has 0 heterocycles. The van der Waals surface area contributed by atoms with E-state index in [0.29, 0.717) is 12.3 Å². The molecule has 0 unspecified atom stereocenters. The Morgan fingerprint density at radius 2 is 1.89 bits per heavy atom. The zero-order valence-electron chi connectivity index (χ0n) is 10.7. The molecule has 2 N–H and O–H groups in total. The summed E-state index contributed by atoms with van der Waals surface area (Å²) in [5.41, 5.74) is 0.772. The van der Waals surface area contributed by atoms with Crippen molar-refractivity contribution in [3.8, 4) is 0 Å². The second kappa shape index (κ2) is 6.33. The fourth-order valence-corrected chi connectivity index (χ4v) is 2.20. The Labute approximate surface area is 114 Å². The molecule has 5 heteroatoms. The van der Waals surface area contributed by atoms with Gasteiger partial charge in [0.25, 0.3) is 0 Å². The van der Waals surface area contributed by atoms with E-state index in [9.17, 15) is 9.00 Å². The van der Waals surface area contributed by atoms with Crippen molar-refractivity contribution in [2.24, 2.45) is 0 Å². The summed E-state index contributed by atoms with van der Waals surface area (Å²) in [5.74, 6) is 0.461. The molecule has 100 valence electrons. The van der Waals surface area contributed by atoms with Crippen LogP contribution in [0.2, 0.25) is 0 Å². The lowest BCUT2D eigenvalue weighted by molar-refractivity contribution is 0.252. The highest BCUT2D eigenvalue weighted by molar-refractivity contribution is 7.84. The van der Waals surface area contributed by atoms with Gasteiger partial charge in [0.1, 0.15) is 0 Å². The zero-order valence-corrected chi connectivity index (χ0v) is 11.5. The molecule has 0 saturated heterocycles. The Bertz CT molecular complexity index is 608. The van der Waals surface area contributed by atoms with Crippen molar-refractivity contribution in [3.63, 3.8) is 0 Å². The molecule has 2 amide bonds. The summed E-state index contributed by atoms with van der Waals surface area (Å²) < 4.78 is 10.9. The molecule has 0 aliphatic rings. The smallest absolute Gasteiger partial charge is 0.319 e. The summed E-state index contributed by atoms with van der Waals surface area (Å²) in [6, 6.07) is 13.3. The van der Waals surface area contributed by atoms with Crippen molar-refractivity contribution in [1.82, 2.24) is 5.32 Å². The van der Waals surface area contributed by atoms with Crippen LogP contribution in [0.3, 0.4) is 0 Å². The molecule has 1 atom stereocenters. The van der Waals surface area contributed by atoms with Crippen LogP contribution < -0.4 is 10.6 Å².